The Hall–Kier alpha value is -1.43. The lowest BCUT2D eigenvalue weighted by molar-refractivity contribution is 0.105. The number of anilines is 1. The summed E-state index contributed by atoms with van der Waals surface area (Å²) in [5, 5.41) is 22.1. The van der Waals surface area contributed by atoms with E-state index in [4.69, 9.17) is 16.7 Å². The summed E-state index contributed by atoms with van der Waals surface area (Å²) in [6, 6.07) is 4.21. The zero-order valence-electron chi connectivity index (χ0n) is 10.3. The maximum Gasteiger partial charge on any atom is 0.131 e. The molecule has 19 heavy (non-hydrogen) atoms. The van der Waals surface area contributed by atoms with Crippen molar-refractivity contribution in [1.82, 2.24) is 4.98 Å². The number of hydrogen-bond acceptors (Lipinski definition) is 4. The van der Waals surface area contributed by atoms with Crippen LogP contribution in [0.5, 0.6) is 0 Å². The molecule has 0 amide bonds. The van der Waals surface area contributed by atoms with Gasteiger partial charge in [-0.1, -0.05) is 11.6 Å². The average molecular weight is 285 g/mol. The summed E-state index contributed by atoms with van der Waals surface area (Å²) >= 11 is 6.22. The molecule has 6 heteroatoms. The molecule has 0 aliphatic rings. The minimum atomic E-state index is -0.886. The van der Waals surface area contributed by atoms with Gasteiger partial charge in [-0.05, 0) is 19.1 Å². The van der Waals surface area contributed by atoms with Crippen LogP contribution in [0.25, 0.3) is 10.9 Å². The van der Waals surface area contributed by atoms with Crippen LogP contribution in [0.3, 0.4) is 0 Å². The number of nitrogens with zero attached hydrogens (tertiary/aromatic N) is 1. The van der Waals surface area contributed by atoms with Crippen LogP contribution in [-0.2, 0) is 0 Å². The Morgan fingerprint density at radius 3 is 2.89 bits per heavy atom. The molecule has 0 unspecified atom stereocenters. The van der Waals surface area contributed by atoms with Gasteiger partial charge in [0.2, 0.25) is 0 Å². The first-order valence-corrected chi connectivity index (χ1v) is 6.19. The molecule has 0 aliphatic carbocycles. The van der Waals surface area contributed by atoms with E-state index in [2.05, 4.69) is 10.3 Å². The topological polar surface area (TPSA) is 65.4 Å². The first kappa shape index (κ1) is 14.0. The molecule has 0 aliphatic heterocycles. The van der Waals surface area contributed by atoms with E-state index in [-0.39, 0.29) is 19.0 Å². The Balaban J connectivity index is 2.41. The molecule has 102 valence electrons. The van der Waals surface area contributed by atoms with E-state index in [1.165, 1.54) is 12.1 Å². The van der Waals surface area contributed by atoms with Crippen molar-refractivity contribution in [3.63, 3.8) is 0 Å². The van der Waals surface area contributed by atoms with Crippen LogP contribution in [0.1, 0.15) is 5.56 Å². The second-order valence-corrected chi connectivity index (χ2v) is 4.66. The van der Waals surface area contributed by atoms with Crippen molar-refractivity contribution in [2.24, 2.45) is 0 Å². The molecule has 2 aromatic rings. The Morgan fingerprint density at radius 1 is 1.47 bits per heavy atom. The third-order valence-corrected chi connectivity index (χ3v) is 3.32. The average Bonchev–Trinajstić information content (AvgIpc) is 2.40. The molecule has 4 nitrogen and oxygen atoms in total. The van der Waals surface area contributed by atoms with Gasteiger partial charge >= 0.3 is 0 Å². The van der Waals surface area contributed by atoms with Crippen molar-refractivity contribution in [2.45, 2.75) is 13.0 Å². The minimum absolute atomic E-state index is 0.140. The highest BCUT2D eigenvalue weighted by molar-refractivity contribution is 6.36. The molecule has 0 radical (unpaired) electrons. The van der Waals surface area contributed by atoms with Crippen LogP contribution < -0.4 is 5.32 Å². The fourth-order valence-electron chi connectivity index (χ4n) is 1.74. The van der Waals surface area contributed by atoms with E-state index in [0.717, 1.165) is 0 Å². The third-order valence-electron chi connectivity index (χ3n) is 2.83. The van der Waals surface area contributed by atoms with E-state index >= 15 is 0 Å². The number of aliphatic hydroxyl groups excluding tert-OH is 2. The maximum absolute atomic E-state index is 13.2. The van der Waals surface area contributed by atoms with Crippen LogP contribution in [-0.4, -0.2) is 34.5 Å². The van der Waals surface area contributed by atoms with Crippen LogP contribution >= 0.6 is 11.6 Å². The van der Waals surface area contributed by atoms with Gasteiger partial charge in [-0.25, -0.2) is 9.37 Å². The molecule has 1 heterocycles. The van der Waals surface area contributed by atoms with E-state index in [1.807, 2.05) is 0 Å². The summed E-state index contributed by atoms with van der Waals surface area (Å²) in [7, 11) is 0. The molecule has 0 saturated carbocycles. The van der Waals surface area contributed by atoms with Crippen molar-refractivity contribution in [3.05, 3.63) is 34.6 Å². The van der Waals surface area contributed by atoms with Crippen molar-refractivity contribution in [3.8, 4) is 0 Å². The number of benzene rings is 1. The van der Waals surface area contributed by atoms with Crippen LogP contribution in [0, 0.1) is 12.7 Å². The molecule has 0 spiro atoms. The Bertz CT molecular complexity index is 607. The van der Waals surface area contributed by atoms with E-state index in [1.54, 1.807) is 13.0 Å². The lowest BCUT2D eigenvalue weighted by atomic mass is 10.1. The van der Waals surface area contributed by atoms with Gasteiger partial charge < -0.3 is 15.5 Å². The lowest BCUT2D eigenvalue weighted by Gasteiger charge is -2.14. The standard InChI is InChI=1S/C13H14ClFN2O2/c1-7-12(14)10-3-2-8(15)4-11(10)17-13(7)16-5-9(19)6-18/h2-4,9,18-19H,5-6H2,1H3,(H,16,17)/t9-/m1/s1. The SMILES string of the molecule is Cc1c(NC[C@@H](O)CO)nc2cc(F)ccc2c1Cl. The summed E-state index contributed by atoms with van der Waals surface area (Å²) in [5.41, 5.74) is 1.16. The first-order chi connectivity index (χ1) is 9.02. The highest BCUT2D eigenvalue weighted by atomic mass is 35.5. The van der Waals surface area contributed by atoms with E-state index < -0.39 is 6.10 Å². The second kappa shape index (κ2) is 5.69. The second-order valence-electron chi connectivity index (χ2n) is 4.28. The monoisotopic (exact) mass is 284 g/mol. The Kier molecular flexibility index (Phi) is 4.19. The predicted octanol–water partition coefficient (Wildman–Crippen LogP) is 2.10. The van der Waals surface area contributed by atoms with Gasteiger partial charge in [-0.15, -0.1) is 0 Å². The molecule has 1 aromatic heterocycles. The summed E-state index contributed by atoms with van der Waals surface area (Å²) < 4.78 is 13.2. The lowest BCUT2D eigenvalue weighted by Crippen LogP contribution is -2.23. The maximum atomic E-state index is 13.2. The van der Waals surface area contributed by atoms with Crippen molar-refractivity contribution < 1.29 is 14.6 Å². The molecule has 0 bridgehead atoms. The summed E-state index contributed by atoms with van der Waals surface area (Å²) in [6.07, 6.45) is -0.886. The minimum Gasteiger partial charge on any atom is -0.394 e. The fraction of sp³-hybridized carbons (Fsp3) is 0.308. The Labute approximate surface area is 114 Å². The van der Waals surface area contributed by atoms with E-state index in [9.17, 15) is 9.50 Å². The van der Waals surface area contributed by atoms with Gasteiger partial charge in [0.1, 0.15) is 11.6 Å². The van der Waals surface area contributed by atoms with Gasteiger partial charge in [-0.2, -0.15) is 0 Å². The van der Waals surface area contributed by atoms with Crippen molar-refractivity contribution in [2.75, 3.05) is 18.5 Å². The number of pyridine rings is 1. The van der Waals surface area contributed by atoms with Crippen LogP contribution in [0.15, 0.2) is 18.2 Å². The van der Waals surface area contributed by atoms with Crippen molar-refractivity contribution in [1.29, 1.82) is 0 Å². The molecule has 3 N–H and O–H groups in total. The Morgan fingerprint density at radius 2 is 2.21 bits per heavy atom. The number of hydrogen-bond donors (Lipinski definition) is 3. The van der Waals surface area contributed by atoms with Crippen LogP contribution in [0.4, 0.5) is 10.2 Å². The zero-order valence-corrected chi connectivity index (χ0v) is 11.1. The highest BCUT2D eigenvalue weighted by Gasteiger charge is 2.11. The van der Waals surface area contributed by atoms with Crippen molar-refractivity contribution >= 4 is 28.3 Å². The zero-order chi connectivity index (χ0) is 14.0. The molecule has 1 atom stereocenters. The number of aliphatic hydroxyl groups is 2. The third kappa shape index (κ3) is 2.94. The molecule has 0 saturated heterocycles. The van der Waals surface area contributed by atoms with Gasteiger partial charge in [0.25, 0.3) is 0 Å². The smallest absolute Gasteiger partial charge is 0.131 e. The van der Waals surface area contributed by atoms with Gasteiger partial charge in [0.05, 0.1) is 23.3 Å². The van der Waals surface area contributed by atoms with Crippen LogP contribution in [0.2, 0.25) is 5.02 Å². The first-order valence-electron chi connectivity index (χ1n) is 5.81. The molecule has 2 rings (SSSR count). The van der Waals surface area contributed by atoms with Gasteiger partial charge in [-0.3, -0.25) is 0 Å². The largest absolute Gasteiger partial charge is 0.394 e. The molecule has 0 fully saturated rings. The number of halogens is 2. The molecular formula is C13H14ClFN2O2. The molecule has 1 aromatic carbocycles. The predicted molar refractivity (Wildman–Crippen MR) is 73.0 cm³/mol. The fourth-order valence-corrected chi connectivity index (χ4v) is 1.99. The van der Waals surface area contributed by atoms with Gasteiger partial charge in [0.15, 0.2) is 0 Å². The highest BCUT2D eigenvalue weighted by Crippen LogP contribution is 2.30. The normalized spacial score (nSPS) is 12.7. The number of nitrogens with one attached hydrogen (secondary N) is 1. The number of fused-ring (bicyclic) bond motifs is 1. The summed E-state index contributed by atoms with van der Waals surface area (Å²) in [4.78, 5) is 4.27. The van der Waals surface area contributed by atoms with E-state index in [0.29, 0.717) is 27.3 Å². The quantitative estimate of drug-likeness (QED) is 0.804. The van der Waals surface area contributed by atoms with Gasteiger partial charge in [0, 0.05) is 23.6 Å². The molecular weight excluding hydrogens is 271 g/mol. The summed E-state index contributed by atoms with van der Waals surface area (Å²) in [6.45, 7) is 1.58. The number of rotatable bonds is 4. The number of aromatic nitrogens is 1. The summed E-state index contributed by atoms with van der Waals surface area (Å²) in [5.74, 6) is 0.0804.